The molecule has 2 amide bonds. The van der Waals surface area contributed by atoms with E-state index in [-0.39, 0.29) is 17.2 Å². The Balaban J connectivity index is 2.26. The second kappa shape index (κ2) is 9.40. The minimum absolute atomic E-state index is 0.206. The first-order valence-electron chi connectivity index (χ1n) is 8.56. The topological polar surface area (TPSA) is 105 Å². The van der Waals surface area contributed by atoms with Crippen LogP contribution in [0.2, 0.25) is 0 Å². The first-order valence-corrected chi connectivity index (χ1v) is 8.56. The molecule has 0 saturated heterocycles. The van der Waals surface area contributed by atoms with Gasteiger partial charge in [0.05, 0.1) is 12.3 Å². The van der Waals surface area contributed by atoms with Crippen LogP contribution >= 0.6 is 0 Å². The lowest BCUT2D eigenvalue weighted by molar-refractivity contribution is -0.139. The summed E-state index contributed by atoms with van der Waals surface area (Å²) in [6.07, 6.45) is 0. The molecule has 28 heavy (non-hydrogen) atoms. The lowest BCUT2D eigenvalue weighted by atomic mass is 10.1. The highest BCUT2D eigenvalue weighted by Gasteiger charge is 2.15. The van der Waals surface area contributed by atoms with Gasteiger partial charge in [0, 0.05) is 25.2 Å². The SMILES string of the molecule is CCOc1ccc(C(=O)N(C)C)cc1NC(=O)c1cccc(OCC(=O)O)c1. The van der Waals surface area contributed by atoms with Crippen molar-refractivity contribution in [2.75, 3.05) is 32.6 Å². The third-order valence-corrected chi connectivity index (χ3v) is 3.64. The van der Waals surface area contributed by atoms with Gasteiger partial charge in [0.1, 0.15) is 11.5 Å². The van der Waals surface area contributed by atoms with Gasteiger partial charge in [-0.25, -0.2) is 4.79 Å². The van der Waals surface area contributed by atoms with Crippen LogP contribution in [0.3, 0.4) is 0 Å². The van der Waals surface area contributed by atoms with Crippen LogP contribution in [0, 0.1) is 0 Å². The molecule has 0 atom stereocenters. The van der Waals surface area contributed by atoms with Gasteiger partial charge in [0.15, 0.2) is 6.61 Å². The third kappa shape index (κ3) is 5.47. The molecule has 0 saturated carbocycles. The van der Waals surface area contributed by atoms with Crippen molar-refractivity contribution in [1.82, 2.24) is 4.90 Å². The standard InChI is InChI=1S/C20H22N2O6/c1-4-27-17-9-8-14(20(26)22(2)3)11-16(17)21-19(25)13-6-5-7-15(10-13)28-12-18(23)24/h5-11H,4,12H2,1-3H3,(H,21,25)(H,23,24). The van der Waals surface area contributed by atoms with Gasteiger partial charge in [0.2, 0.25) is 0 Å². The Bertz CT molecular complexity index is 879. The third-order valence-electron chi connectivity index (χ3n) is 3.64. The zero-order chi connectivity index (χ0) is 20.7. The zero-order valence-corrected chi connectivity index (χ0v) is 15.9. The fraction of sp³-hybridized carbons (Fsp3) is 0.250. The van der Waals surface area contributed by atoms with E-state index in [1.807, 2.05) is 6.92 Å². The summed E-state index contributed by atoms with van der Waals surface area (Å²) in [5.74, 6) is -1.07. The summed E-state index contributed by atoms with van der Waals surface area (Å²) < 4.78 is 10.6. The predicted octanol–water partition coefficient (Wildman–Crippen LogP) is 2.50. The van der Waals surface area contributed by atoms with E-state index in [0.29, 0.717) is 23.6 Å². The first-order chi connectivity index (χ1) is 13.3. The molecule has 8 nitrogen and oxygen atoms in total. The van der Waals surface area contributed by atoms with E-state index in [0.717, 1.165) is 0 Å². The molecule has 0 aromatic heterocycles. The fourth-order valence-corrected chi connectivity index (χ4v) is 2.37. The summed E-state index contributed by atoms with van der Waals surface area (Å²) in [5.41, 5.74) is 1.04. The molecule has 0 spiro atoms. The second-order valence-electron chi connectivity index (χ2n) is 6.01. The van der Waals surface area contributed by atoms with Crippen molar-refractivity contribution in [3.63, 3.8) is 0 Å². The van der Waals surface area contributed by atoms with Crippen molar-refractivity contribution in [3.8, 4) is 11.5 Å². The summed E-state index contributed by atoms with van der Waals surface area (Å²) in [7, 11) is 3.28. The van der Waals surface area contributed by atoms with Crippen molar-refractivity contribution < 1.29 is 29.0 Å². The Morgan fingerprint density at radius 1 is 1.04 bits per heavy atom. The van der Waals surface area contributed by atoms with E-state index in [1.54, 1.807) is 50.5 Å². The van der Waals surface area contributed by atoms with Crippen molar-refractivity contribution in [1.29, 1.82) is 0 Å². The number of aliphatic carboxylic acids is 1. The van der Waals surface area contributed by atoms with E-state index in [9.17, 15) is 14.4 Å². The molecule has 2 aromatic carbocycles. The highest BCUT2D eigenvalue weighted by atomic mass is 16.5. The highest BCUT2D eigenvalue weighted by Crippen LogP contribution is 2.27. The number of ether oxygens (including phenoxy) is 2. The fourth-order valence-electron chi connectivity index (χ4n) is 2.37. The van der Waals surface area contributed by atoms with Crippen LogP contribution in [0.1, 0.15) is 27.6 Å². The average molecular weight is 386 g/mol. The van der Waals surface area contributed by atoms with Crippen molar-refractivity contribution >= 4 is 23.5 Å². The van der Waals surface area contributed by atoms with Crippen LogP contribution in [0.4, 0.5) is 5.69 Å². The van der Waals surface area contributed by atoms with Crippen LogP contribution in [0.15, 0.2) is 42.5 Å². The van der Waals surface area contributed by atoms with Gasteiger partial charge in [-0.1, -0.05) is 6.07 Å². The van der Waals surface area contributed by atoms with Gasteiger partial charge in [-0.05, 0) is 43.3 Å². The summed E-state index contributed by atoms with van der Waals surface area (Å²) in [6.45, 7) is 1.70. The van der Waals surface area contributed by atoms with Gasteiger partial charge in [-0.3, -0.25) is 9.59 Å². The molecule has 0 aliphatic heterocycles. The quantitative estimate of drug-likeness (QED) is 0.722. The predicted molar refractivity (Wildman–Crippen MR) is 103 cm³/mol. The molecule has 0 bridgehead atoms. The average Bonchev–Trinajstić information content (AvgIpc) is 2.67. The van der Waals surface area contributed by atoms with Gasteiger partial charge in [-0.2, -0.15) is 0 Å². The number of carboxylic acid groups (broad SMARTS) is 1. The zero-order valence-electron chi connectivity index (χ0n) is 15.9. The molecule has 0 aliphatic rings. The normalized spacial score (nSPS) is 10.1. The molecule has 2 rings (SSSR count). The van der Waals surface area contributed by atoms with Gasteiger partial charge in [0.25, 0.3) is 11.8 Å². The summed E-state index contributed by atoms with van der Waals surface area (Å²) in [6, 6.07) is 11.0. The Kier molecular flexibility index (Phi) is 6.97. The van der Waals surface area contributed by atoms with Gasteiger partial charge >= 0.3 is 5.97 Å². The molecule has 148 valence electrons. The van der Waals surface area contributed by atoms with Crippen LogP contribution in [-0.2, 0) is 4.79 Å². The second-order valence-corrected chi connectivity index (χ2v) is 6.01. The Morgan fingerprint density at radius 2 is 1.79 bits per heavy atom. The maximum atomic E-state index is 12.6. The van der Waals surface area contributed by atoms with E-state index >= 15 is 0 Å². The molecule has 2 aromatic rings. The minimum atomic E-state index is -1.11. The highest BCUT2D eigenvalue weighted by molar-refractivity contribution is 6.06. The maximum Gasteiger partial charge on any atom is 0.341 e. The number of amides is 2. The number of carbonyl (C=O) groups is 3. The molecule has 0 aliphatic carbocycles. The van der Waals surface area contributed by atoms with Crippen molar-refractivity contribution in [3.05, 3.63) is 53.6 Å². The number of carbonyl (C=O) groups excluding carboxylic acids is 2. The van der Waals surface area contributed by atoms with E-state index in [1.165, 1.54) is 11.0 Å². The van der Waals surface area contributed by atoms with Crippen molar-refractivity contribution in [2.45, 2.75) is 6.92 Å². The monoisotopic (exact) mass is 386 g/mol. The van der Waals surface area contributed by atoms with Crippen molar-refractivity contribution in [2.24, 2.45) is 0 Å². The van der Waals surface area contributed by atoms with E-state index in [4.69, 9.17) is 14.6 Å². The number of nitrogens with one attached hydrogen (secondary N) is 1. The molecular formula is C20H22N2O6. The Labute approximate surface area is 162 Å². The number of anilines is 1. The van der Waals surface area contributed by atoms with Crippen LogP contribution < -0.4 is 14.8 Å². The van der Waals surface area contributed by atoms with Gasteiger partial charge in [-0.15, -0.1) is 0 Å². The molecule has 2 N–H and O–H groups in total. The molecule has 0 unspecified atom stereocenters. The van der Waals surface area contributed by atoms with E-state index in [2.05, 4.69) is 5.32 Å². The molecule has 0 radical (unpaired) electrons. The number of rotatable bonds is 8. The first kappa shape index (κ1) is 20.8. The number of hydrogen-bond acceptors (Lipinski definition) is 5. The smallest absolute Gasteiger partial charge is 0.341 e. The van der Waals surface area contributed by atoms with E-state index < -0.39 is 18.5 Å². The lowest BCUT2D eigenvalue weighted by Gasteiger charge is -2.15. The van der Waals surface area contributed by atoms with Crippen LogP contribution in [0.5, 0.6) is 11.5 Å². The lowest BCUT2D eigenvalue weighted by Crippen LogP contribution is -2.22. The number of carboxylic acids is 1. The number of hydrogen-bond donors (Lipinski definition) is 2. The summed E-state index contributed by atoms with van der Waals surface area (Å²) in [4.78, 5) is 36.9. The summed E-state index contributed by atoms with van der Waals surface area (Å²) in [5, 5.41) is 11.4. The molecule has 0 fully saturated rings. The number of nitrogens with zero attached hydrogens (tertiary/aromatic N) is 1. The molecule has 0 heterocycles. The summed E-state index contributed by atoms with van der Waals surface area (Å²) >= 11 is 0. The Hall–Kier alpha value is -3.55. The van der Waals surface area contributed by atoms with Crippen LogP contribution in [-0.4, -0.2) is 55.1 Å². The largest absolute Gasteiger partial charge is 0.492 e. The Morgan fingerprint density at radius 3 is 2.43 bits per heavy atom. The van der Waals surface area contributed by atoms with Gasteiger partial charge < -0.3 is 24.8 Å². The maximum absolute atomic E-state index is 12.6. The molecular weight excluding hydrogens is 364 g/mol. The minimum Gasteiger partial charge on any atom is -0.492 e. The molecule has 8 heteroatoms. The number of benzene rings is 2. The van der Waals surface area contributed by atoms with Crippen LogP contribution in [0.25, 0.3) is 0 Å².